The van der Waals surface area contributed by atoms with Gasteiger partial charge in [0.25, 0.3) is 0 Å². The van der Waals surface area contributed by atoms with Crippen molar-refractivity contribution in [2.75, 3.05) is 0 Å². The minimum Gasteiger partial charge on any atom is -0.0776 e. The lowest BCUT2D eigenvalue weighted by molar-refractivity contribution is 0.366. The van der Waals surface area contributed by atoms with Gasteiger partial charge < -0.3 is 0 Å². The molecule has 0 nitrogen and oxygen atoms in total. The second-order valence-electron chi connectivity index (χ2n) is 4.01. The van der Waals surface area contributed by atoms with Gasteiger partial charge in [0.1, 0.15) is 0 Å². The van der Waals surface area contributed by atoms with E-state index >= 15 is 0 Å². The van der Waals surface area contributed by atoms with Crippen molar-refractivity contribution < 1.29 is 0 Å². The molecule has 1 unspecified atom stereocenters. The molecular weight excluding hydrogens is 108 g/mol. The molecule has 0 saturated heterocycles. The lowest BCUT2D eigenvalue weighted by Crippen LogP contribution is -2.03. The van der Waals surface area contributed by atoms with Crippen LogP contribution in [0.2, 0.25) is 0 Å². The summed E-state index contributed by atoms with van der Waals surface area (Å²) < 4.78 is 0. The first-order valence-corrected chi connectivity index (χ1v) is 3.60. The maximum Gasteiger partial charge on any atom is -0.0352 e. The molecule has 1 fully saturated rings. The highest BCUT2D eigenvalue weighted by molar-refractivity contribution is 4.79. The third kappa shape index (κ3) is 2.38. The van der Waals surface area contributed by atoms with Crippen molar-refractivity contribution >= 4 is 0 Å². The molecule has 0 amide bonds. The van der Waals surface area contributed by atoms with Gasteiger partial charge >= 0.3 is 0 Å². The van der Waals surface area contributed by atoms with E-state index in [1.54, 1.807) is 0 Å². The summed E-state index contributed by atoms with van der Waals surface area (Å²) in [7, 11) is 0. The SMILES string of the molecule is C.CC1CCC(C)(C)C1. The van der Waals surface area contributed by atoms with Crippen LogP contribution < -0.4 is 0 Å². The minimum atomic E-state index is 0. The molecule has 0 heterocycles. The molecule has 0 spiro atoms. The van der Waals surface area contributed by atoms with Crippen LogP contribution in [0.15, 0.2) is 0 Å². The first-order valence-electron chi connectivity index (χ1n) is 3.60. The van der Waals surface area contributed by atoms with Gasteiger partial charge in [-0.05, 0) is 24.2 Å². The van der Waals surface area contributed by atoms with E-state index < -0.39 is 0 Å². The fourth-order valence-corrected chi connectivity index (χ4v) is 1.78. The van der Waals surface area contributed by atoms with Crippen molar-refractivity contribution in [3.05, 3.63) is 0 Å². The molecule has 1 aliphatic carbocycles. The lowest BCUT2D eigenvalue weighted by atomic mass is 9.91. The zero-order chi connectivity index (χ0) is 6.20. The van der Waals surface area contributed by atoms with Gasteiger partial charge in [-0.3, -0.25) is 0 Å². The van der Waals surface area contributed by atoms with Gasteiger partial charge in [0.2, 0.25) is 0 Å². The Hall–Kier alpha value is 0. The van der Waals surface area contributed by atoms with Crippen molar-refractivity contribution in [1.82, 2.24) is 0 Å². The van der Waals surface area contributed by atoms with Crippen molar-refractivity contribution in [3.63, 3.8) is 0 Å². The summed E-state index contributed by atoms with van der Waals surface area (Å²) in [5.74, 6) is 0.991. The van der Waals surface area contributed by atoms with Crippen LogP contribution >= 0.6 is 0 Å². The van der Waals surface area contributed by atoms with Gasteiger partial charge in [-0.2, -0.15) is 0 Å². The molecule has 0 radical (unpaired) electrons. The highest BCUT2D eigenvalue weighted by atomic mass is 14.3. The standard InChI is InChI=1S/C8H16.CH4/c1-7-4-5-8(2,3)6-7;/h7H,4-6H2,1-3H3;1H4. The van der Waals surface area contributed by atoms with E-state index in [0.717, 1.165) is 5.92 Å². The fourth-order valence-electron chi connectivity index (χ4n) is 1.78. The zero-order valence-electron chi connectivity index (χ0n) is 6.20. The summed E-state index contributed by atoms with van der Waals surface area (Å²) in [6.07, 6.45) is 4.33. The van der Waals surface area contributed by atoms with E-state index in [1.807, 2.05) is 0 Å². The second-order valence-corrected chi connectivity index (χ2v) is 4.01. The van der Waals surface area contributed by atoms with Crippen LogP contribution in [0, 0.1) is 11.3 Å². The van der Waals surface area contributed by atoms with E-state index in [2.05, 4.69) is 20.8 Å². The molecule has 1 saturated carbocycles. The summed E-state index contributed by atoms with van der Waals surface area (Å²) in [4.78, 5) is 0. The first kappa shape index (κ1) is 9.00. The molecule has 1 rings (SSSR count). The zero-order valence-corrected chi connectivity index (χ0v) is 6.20. The summed E-state index contributed by atoms with van der Waals surface area (Å²) in [6, 6.07) is 0. The van der Waals surface area contributed by atoms with Crippen molar-refractivity contribution in [3.8, 4) is 0 Å². The van der Waals surface area contributed by atoms with Gasteiger partial charge in [0.15, 0.2) is 0 Å². The highest BCUT2D eigenvalue weighted by Gasteiger charge is 2.27. The Kier molecular flexibility index (Phi) is 2.72. The summed E-state index contributed by atoms with van der Waals surface area (Å²) >= 11 is 0. The van der Waals surface area contributed by atoms with E-state index in [1.165, 1.54) is 19.3 Å². The predicted octanol–water partition coefficient (Wildman–Crippen LogP) is 3.47. The largest absolute Gasteiger partial charge is 0.0776 e. The van der Waals surface area contributed by atoms with E-state index in [4.69, 9.17) is 0 Å². The third-order valence-electron chi connectivity index (χ3n) is 2.21. The van der Waals surface area contributed by atoms with Gasteiger partial charge in [0, 0.05) is 0 Å². The molecule has 0 aliphatic heterocycles. The maximum absolute atomic E-state index is 2.37. The van der Waals surface area contributed by atoms with Crippen molar-refractivity contribution in [1.29, 1.82) is 0 Å². The van der Waals surface area contributed by atoms with Crippen molar-refractivity contribution in [2.24, 2.45) is 11.3 Å². The molecule has 9 heavy (non-hydrogen) atoms. The van der Waals surface area contributed by atoms with Gasteiger partial charge in [-0.15, -0.1) is 0 Å². The van der Waals surface area contributed by atoms with Crippen LogP contribution in [-0.2, 0) is 0 Å². The average Bonchev–Trinajstić information content (AvgIpc) is 1.82. The Balaban J connectivity index is 0.000000640. The Morgan fingerprint density at radius 2 is 1.89 bits per heavy atom. The van der Waals surface area contributed by atoms with Crippen LogP contribution in [0.3, 0.4) is 0 Å². The summed E-state index contributed by atoms with van der Waals surface area (Å²) in [5.41, 5.74) is 0.666. The van der Waals surface area contributed by atoms with Gasteiger partial charge in [0.05, 0.1) is 0 Å². The third-order valence-corrected chi connectivity index (χ3v) is 2.21. The lowest BCUT2D eigenvalue weighted by Gasteiger charge is -2.15. The molecule has 1 atom stereocenters. The molecule has 0 N–H and O–H groups in total. The normalized spacial score (nSPS) is 31.7. The van der Waals surface area contributed by atoms with E-state index in [9.17, 15) is 0 Å². The molecule has 56 valence electrons. The molecular formula is C9H20. The number of hydrogen-bond donors (Lipinski definition) is 0. The predicted molar refractivity (Wildman–Crippen MR) is 43.5 cm³/mol. The Morgan fingerprint density at radius 1 is 1.33 bits per heavy atom. The Labute approximate surface area is 59.7 Å². The molecule has 0 aromatic heterocycles. The number of rotatable bonds is 0. The second kappa shape index (κ2) is 2.72. The molecule has 0 aromatic rings. The first-order chi connectivity index (χ1) is 3.60. The quantitative estimate of drug-likeness (QED) is 0.468. The van der Waals surface area contributed by atoms with Crippen LogP contribution in [0.5, 0.6) is 0 Å². The molecule has 0 aromatic carbocycles. The Bertz CT molecular complexity index is 82.0. The fraction of sp³-hybridized carbons (Fsp3) is 1.00. The van der Waals surface area contributed by atoms with E-state index in [0.29, 0.717) is 5.41 Å². The highest BCUT2D eigenvalue weighted by Crippen LogP contribution is 2.40. The van der Waals surface area contributed by atoms with Gasteiger partial charge in [-0.25, -0.2) is 0 Å². The molecule has 0 bridgehead atoms. The van der Waals surface area contributed by atoms with Crippen molar-refractivity contribution in [2.45, 2.75) is 47.5 Å². The molecule has 0 heteroatoms. The molecule has 1 aliphatic rings. The average molecular weight is 128 g/mol. The Morgan fingerprint density at radius 3 is 2.00 bits per heavy atom. The van der Waals surface area contributed by atoms with Crippen LogP contribution in [-0.4, -0.2) is 0 Å². The minimum absolute atomic E-state index is 0. The monoisotopic (exact) mass is 128 g/mol. The summed E-state index contributed by atoms with van der Waals surface area (Å²) in [6.45, 7) is 7.10. The van der Waals surface area contributed by atoms with Crippen LogP contribution in [0.4, 0.5) is 0 Å². The summed E-state index contributed by atoms with van der Waals surface area (Å²) in [5, 5.41) is 0. The number of hydrogen-bond acceptors (Lipinski definition) is 0. The van der Waals surface area contributed by atoms with E-state index in [-0.39, 0.29) is 7.43 Å². The van der Waals surface area contributed by atoms with Gasteiger partial charge in [-0.1, -0.05) is 34.6 Å². The van der Waals surface area contributed by atoms with Crippen LogP contribution in [0.1, 0.15) is 47.5 Å². The smallest absolute Gasteiger partial charge is 0.0352 e. The maximum atomic E-state index is 2.37. The van der Waals surface area contributed by atoms with Crippen LogP contribution in [0.25, 0.3) is 0 Å². The topological polar surface area (TPSA) is 0 Å².